The average molecular weight is 307 g/mol. The predicted molar refractivity (Wildman–Crippen MR) is 82.8 cm³/mol. The van der Waals surface area contributed by atoms with E-state index in [0.717, 1.165) is 5.56 Å². The Morgan fingerprint density at radius 2 is 1.67 bits per heavy atom. The van der Waals surface area contributed by atoms with E-state index < -0.39 is 20.0 Å². The Kier molecular flexibility index (Phi) is 5.72. The van der Waals surface area contributed by atoms with Gasteiger partial charge < -0.3 is 15.2 Å². The standard InChI is InChI=1S/C15H21NO4Si/c1-19-14(17)12(13(16)21(2,3)4)15(18)20-10-11-8-6-5-7-9-11/h5-9H,10,16H2,1-4H3. The van der Waals surface area contributed by atoms with Crippen molar-refractivity contribution in [1.29, 1.82) is 0 Å². The molecular weight excluding hydrogens is 286 g/mol. The Bertz CT molecular complexity index is 547. The maximum absolute atomic E-state index is 12.2. The summed E-state index contributed by atoms with van der Waals surface area (Å²) >= 11 is 0. The van der Waals surface area contributed by atoms with Crippen molar-refractivity contribution in [2.75, 3.05) is 7.11 Å². The van der Waals surface area contributed by atoms with Crippen molar-refractivity contribution in [2.45, 2.75) is 26.2 Å². The molecule has 0 atom stereocenters. The smallest absolute Gasteiger partial charge is 0.347 e. The highest BCUT2D eigenvalue weighted by Gasteiger charge is 2.31. The van der Waals surface area contributed by atoms with E-state index in [2.05, 4.69) is 4.74 Å². The van der Waals surface area contributed by atoms with Crippen LogP contribution in [0.2, 0.25) is 19.6 Å². The lowest BCUT2D eigenvalue weighted by Gasteiger charge is -2.19. The van der Waals surface area contributed by atoms with Crippen LogP contribution in [0.1, 0.15) is 5.56 Å². The van der Waals surface area contributed by atoms with Crippen LogP contribution < -0.4 is 5.73 Å². The number of hydrogen-bond donors (Lipinski definition) is 1. The van der Waals surface area contributed by atoms with Crippen LogP contribution in [0.15, 0.2) is 41.2 Å². The van der Waals surface area contributed by atoms with E-state index in [1.165, 1.54) is 7.11 Å². The topological polar surface area (TPSA) is 78.6 Å². The van der Waals surface area contributed by atoms with E-state index in [4.69, 9.17) is 10.5 Å². The summed E-state index contributed by atoms with van der Waals surface area (Å²) in [5.41, 5.74) is 6.63. The first-order valence-corrected chi connectivity index (χ1v) is 10.1. The van der Waals surface area contributed by atoms with Gasteiger partial charge in [-0.25, -0.2) is 9.59 Å². The van der Waals surface area contributed by atoms with Gasteiger partial charge in [-0.1, -0.05) is 50.0 Å². The fraction of sp³-hybridized carbons (Fsp3) is 0.333. The Balaban J connectivity index is 2.95. The Morgan fingerprint density at radius 3 is 2.14 bits per heavy atom. The second-order valence-corrected chi connectivity index (χ2v) is 10.6. The minimum absolute atomic E-state index is 0.0825. The lowest BCUT2D eigenvalue weighted by atomic mass is 10.2. The third-order valence-electron chi connectivity index (χ3n) is 2.88. The molecule has 0 radical (unpaired) electrons. The minimum atomic E-state index is -2.02. The maximum Gasteiger partial charge on any atom is 0.347 e. The molecule has 0 spiro atoms. The molecule has 0 aliphatic carbocycles. The molecule has 5 nitrogen and oxygen atoms in total. The van der Waals surface area contributed by atoms with Crippen LogP contribution in [0.5, 0.6) is 0 Å². The van der Waals surface area contributed by atoms with Crippen molar-refractivity contribution in [3.8, 4) is 0 Å². The molecule has 0 amide bonds. The normalized spacial score (nSPS) is 12.4. The zero-order chi connectivity index (χ0) is 16.0. The van der Waals surface area contributed by atoms with E-state index in [1.807, 2.05) is 50.0 Å². The van der Waals surface area contributed by atoms with Crippen molar-refractivity contribution >= 4 is 20.0 Å². The number of rotatable bonds is 5. The molecule has 2 N–H and O–H groups in total. The first kappa shape index (κ1) is 17.0. The number of benzene rings is 1. The molecule has 0 saturated carbocycles. The van der Waals surface area contributed by atoms with Gasteiger partial charge in [0.15, 0.2) is 5.57 Å². The quantitative estimate of drug-likeness (QED) is 0.296. The second kappa shape index (κ2) is 7.08. The Labute approximate surface area is 125 Å². The molecule has 0 fully saturated rings. The van der Waals surface area contributed by atoms with Crippen molar-refractivity contribution in [2.24, 2.45) is 5.73 Å². The summed E-state index contributed by atoms with van der Waals surface area (Å²) in [6.45, 7) is 5.90. The summed E-state index contributed by atoms with van der Waals surface area (Å²) in [4.78, 5) is 24.0. The molecule has 6 heteroatoms. The maximum atomic E-state index is 12.2. The van der Waals surface area contributed by atoms with Crippen molar-refractivity contribution in [3.05, 3.63) is 46.8 Å². The van der Waals surface area contributed by atoms with Crippen LogP contribution in [-0.4, -0.2) is 27.1 Å². The molecule has 0 heterocycles. The predicted octanol–water partition coefficient (Wildman–Crippen LogP) is 1.99. The van der Waals surface area contributed by atoms with Crippen molar-refractivity contribution in [3.63, 3.8) is 0 Å². The number of methoxy groups -OCH3 is 1. The van der Waals surface area contributed by atoms with Crippen LogP contribution in [0.25, 0.3) is 0 Å². The van der Waals surface area contributed by atoms with E-state index in [1.54, 1.807) is 0 Å². The summed E-state index contributed by atoms with van der Waals surface area (Å²) in [6, 6.07) is 9.22. The van der Waals surface area contributed by atoms with Crippen molar-refractivity contribution in [1.82, 2.24) is 0 Å². The molecule has 0 aromatic heterocycles. The summed E-state index contributed by atoms with van der Waals surface area (Å²) in [5, 5.41) is 0.285. The second-order valence-electron chi connectivity index (χ2n) is 5.59. The number of hydrogen-bond acceptors (Lipinski definition) is 5. The van der Waals surface area contributed by atoms with Gasteiger partial charge >= 0.3 is 11.9 Å². The lowest BCUT2D eigenvalue weighted by Crippen LogP contribution is -2.35. The van der Waals surface area contributed by atoms with Crippen LogP contribution in [-0.2, 0) is 25.7 Å². The number of nitrogens with two attached hydrogens (primary N) is 1. The van der Waals surface area contributed by atoms with Gasteiger partial charge in [-0.15, -0.1) is 0 Å². The Hall–Kier alpha value is -2.08. The molecule has 114 valence electrons. The van der Waals surface area contributed by atoms with Crippen LogP contribution in [0, 0.1) is 0 Å². The molecular formula is C15H21NO4Si. The number of esters is 2. The molecule has 0 bridgehead atoms. The van der Waals surface area contributed by atoms with Crippen LogP contribution in [0.4, 0.5) is 0 Å². The van der Waals surface area contributed by atoms with E-state index >= 15 is 0 Å². The summed E-state index contributed by atoms with van der Waals surface area (Å²) in [6.07, 6.45) is 0. The summed E-state index contributed by atoms with van der Waals surface area (Å²) < 4.78 is 9.82. The number of carbonyl (C=O) groups is 2. The van der Waals surface area contributed by atoms with Gasteiger partial charge in [0.2, 0.25) is 0 Å². The van der Waals surface area contributed by atoms with Gasteiger partial charge in [0.25, 0.3) is 0 Å². The summed E-state index contributed by atoms with van der Waals surface area (Å²) in [7, 11) is -0.805. The largest absolute Gasteiger partial charge is 0.465 e. The molecule has 1 aromatic rings. The highest BCUT2D eigenvalue weighted by molar-refractivity contribution is 6.83. The molecule has 0 aliphatic heterocycles. The molecule has 0 unspecified atom stereocenters. The van der Waals surface area contributed by atoms with Crippen LogP contribution >= 0.6 is 0 Å². The third kappa shape index (κ3) is 4.75. The van der Waals surface area contributed by atoms with Crippen LogP contribution in [0.3, 0.4) is 0 Å². The molecule has 0 saturated heterocycles. The van der Waals surface area contributed by atoms with Crippen molar-refractivity contribution < 1.29 is 19.1 Å². The number of ether oxygens (including phenoxy) is 2. The minimum Gasteiger partial charge on any atom is -0.465 e. The first-order valence-electron chi connectivity index (χ1n) is 6.57. The highest BCUT2D eigenvalue weighted by Crippen LogP contribution is 2.16. The van der Waals surface area contributed by atoms with Gasteiger partial charge in [-0.05, 0) is 5.56 Å². The zero-order valence-corrected chi connectivity index (χ0v) is 13.8. The fourth-order valence-corrected chi connectivity index (χ4v) is 2.53. The Morgan fingerprint density at radius 1 is 1.10 bits per heavy atom. The first-order chi connectivity index (χ1) is 9.77. The van der Waals surface area contributed by atoms with Gasteiger partial charge in [0.1, 0.15) is 6.61 Å². The highest BCUT2D eigenvalue weighted by atomic mass is 28.3. The molecule has 1 rings (SSSR count). The molecule has 0 aliphatic rings. The SMILES string of the molecule is COC(=O)C(C(=O)OCc1ccccc1)=C(N)[Si](C)(C)C. The average Bonchev–Trinajstić information content (AvgIpc) is 2.45. The number of carbonyl (C=O) groups excluding carboxylic acids is 2. The third-order valence-corrected chi connectivity index (χ3v) is 4.75. The van der Waals surface area contributed by atoms with Gasteiger partial charge in [0.05, 0.1) is 15.2 Å². The summed E-state index contributed by atoms with van der Waals surface area (Å²) in [5.74, 6) is -1.50. The lowest BCUT2D eigenvalue weighted by molar-refractivity contribution is -0.146. The molecule has 1 aromatic carbocycles. The fourth-order valence-electron chi connectivity index (χ4n) is 1.58. The van der Waals surface area contributed by atoms with E-state index in [9.17, 15) is 9.59 Å². The molecule has 21 heavy (non-hydrogen) atoms. The van der Waals surface area contributed by atoms with Gasteiger partial charge in [-0.2, -0.15) is 0 Å². The zero-order valence-electron chi connectivity index (χ0n) is 12.8. The van der Waals surface area contributed by atoms with Gasteiger partial charge in [-0.3, -0.25) is 0 Å². The van der Waals surface area contributed by atoms with Gasteiger partial charge in [0, 0.05) is 5.32 Å². The van der Waals surface area contributed by atoms with E-state index in [0.29, 0.717) is 0 Å². The monoisotopic (exact) mass is 307 g/mol. The van der Waals surface area contributed by atoms with E-state index in [-0.39, 0.29) is 17.5 Å².